The Bertz CT molecular complexity index is 583. The minimum Gasteiger partial charge on any atom is -0.482 e. The van der Waals surface area contributed by atoms with E-state index in [-0.39, 0.29) is 18.2 Å². The third kappa shape index (κ3) is 3.14. The molecule has 20 heavy (non-hydrogen) atoms. The summed E-state index contributed by atoms with van der Waals surface area (Å²) in [6, 6.07) is 4.93. The summed E-state index contributed by atoms with van der Waals surface area (Å²) in [6.45, 7) is 5.44. The van der Waals surface area contributed by atoms with Crippen LogP contribution in [-0.4, -0.2) is 21.3 Å². The second-order valence-corrected chi connectivity index (χ2v) is 4.52. The molecule has 0 amide bonds. The second kappa shape index (κ2) is 6.47. The van der Waals surface area contributed by atoms with Gasteiger partial charge in [-0.2, -0.15) is 0 Å². The van der Waals surface area contributed by atoms with Crippen molar-refractivity contribution in [3.05, 3.63) is 41.2 Å². The monoisotopic (exact) mass is 278 g/mol. The molecule has 1 N–H and O–H groups in total. The highest BCUT2D eigenvalue weighted by atomic mass is 19.1. The molecule has 1 aromatic heterocycles. The van der Waals surface area contributed by atoms with E-state index >= 15 is 0 Å². The summed E-state index contributed by atoms with van der Waals surface area (Å²) in [5.74, 6) is 1.37. The number of aryl methyl sites for hydroxylation is 1. The number of nitrogens with zero attached hydrogens (tertiary/aromatic N) is 3. The number of para-hydroxylation sites is 1. The van der Waals surface area contributed by atoms with Gasteiger partial charge in [0, 0.05) is 19.2 Å². The van der Waals surface area contributed by atoms with E-state index in [1.807, 2.05) is 31.5 Å². The molecule has 5 nitrogen and oxygen atoms in total. The van der Waals surface area contributed by atoms with Crippen LogP contribution in [0.25, 0.3) is 0 Å². The number of ether oxygens (including phenoxy) is 1. The van der Waals surface area contributed by atoms with Gasteiger partial charge >= 0.3 is 0 Å². The van der Waals surface area contributed by atoms with Crippen LogP contribution >= 0.6 is 0 Å². The quantitative estimate of drug-likeness (QED) is 0.877. The number of nitrogens with one attached hydrogen (secondary N) is 1. The minimum absolute atomic E-state index is 0.192. The smallest absolute Gasteiger partial charge is 0.170 e. The van der Waals surface area contributed by atoms with Crippen LogP contribution in [0.1, 0.15) is 24.1 Å². The van der Waals surface area contributed by atoms with E-state index in [4.69, 9.17) is 4.74 Å². The molecular formula is C14H19FN4O. The van der Waals surface area contributed by atoms with Crippen molar-refractivity contribution in [2.75, 3.05) is 6.54 Å². The summed E-state index contributed by atoms with van der Waals surface area (Å²) < 4.78 is 21.3. The highest BCUT2D eigenvalue weighted by Crippen LogP contribution is 2.23. The lowest BCUT2D eigenvalue weighted by molar-refractivity contribution is 0.273. The molecular weight excluding hydrogens is 259 g/mol. The van der Waals surface area contributed by atoms with Crippen LogP contribution in [0, 0.1) is 12.7 Å². The Morgan fingerprint density at radius 1 is 1.35 bits per heavy atom. The van der Waals surface area contributed by atoms with Crippen LogP contribution in [-0.2, 0) is 20.2 Å². The summed E-state index contributed by atoms with van der Waals surface area (Å²) in [5.41, 5.74) is 0.797. The van der Waals surface area contributed by atoms with Gasteiger partial charge in [-0.05, 0) is 19.5 Å². The van der Waals surface area contributed by atoms with Crippen molar-refractivity contribution < 1.29 is 9.13 Å². The van der Waals surface area contributed by atoms with Crippen molar-refractivity contribution in [2.24, 2.45) is 7.05 Å². The van der Waals surface area contributed by atoms with Crippen LogP contribution in [0.4, 0.5) is 4.39 Å². The van der Waals surface area contributed by atoms with Crippen LogP contribution < -0.4 is 10.1 Å². The fourth-order valence-electron chi connectivity index (χ4n) is 1.83. The molecule has 0 radical (unpaired) electrons. The SMILES string of the molecule is CCNCc1cccc(F)c1OCc1nnc(C)n1C. The number of hydrogen-bond donors (Lipinski definition) is 1. The predicted octanol–water partition coefficient (Wildman–Crippen LogP) is 1.95. The van der Waals surface area contributed by atoms with Crippen molar-refractivity contribution in [1.82, 2.24) is 20.1 Å². The van der Waals surface area contributed by atoms with Crippen LogP contribution in [0.15, 0.2) is 18.2 Å². The average molecular weight is 278 g/mol. The summed E-state index contributed by atoms with van der Waals surface area (Å²) >= 11 is 0. The van der Waals surface area contributed by atoms with Gasteiger partial charge in [0.25, 0.3) is 0 Å². The molecule has 0 atom stereocenters. The second-order valence-electron chi connectivity index (χ2n) is 4.52. The van der Waals surface area contributed by atoms with Crippen molar-refractivity contribution in [3.8, 4) is 5.75 Å². The van der Waals surface area contributed by atoms with Gasteiger partial charge < -0.3 is 14.6 Å². The Morgan fingerprint density at radius 2 is 2.15 bits per heavy atom. The highest BCUT2D eigenvalue weighted by Gasteiger charge is 2.12. The number of rotatable bonds is 6. The molecule has 0 spiro atoms. The molecule has 0 fully saturated rings. The molecule has 0 saturated carbocycles. The minimum atomic E-state index is -0.362. The molecule has 2 rings (SSSR count). The molecule has 0 aliphatic carbocycles. The van der Waals surface area contributed by atoms with Crippen molar-refractivity contribution in [3.63, 3.8) is 0 Å². The number of halogens is 1. The number of aromatic nitrogens is 3. The van der Waals surface area contributed by atoms with Crippen LogP contribution in [0.5, 0.6) is 5.75 Å². The summed E-state index contributed by atoms with van der Waals surface area (Å²) in [6.07, 6.45) is 0. The molecule has 1 aromatic carbocycles. The van der Waals surface area contributed by atoms with Gasteiger partial charge in [-0.15, -0.1) is 10.2 Å². The fraction of sp³-hybridized carbons (Fsp3) is 0.429. The summed E-state index contributed by atoms with van der Waals surface area (Å²) in [5, 5.41) is 11.1. The Balaban J connectivity index is 2.14. The van der Waals surface area contributed by atoms with Crippen LogP contribution in [0.2, 0.25) is 0 Å². The molecule has 2 aromatic rings. The molecule has 0 bridgehead atoms. The molecule has 0 aliphatic rings. The lowest BCUT2D eigenvalue weighted by Crippen LogP contribution is -2.14. The van der Waals surface area contributed by atoms with E-state index in [1.54, 1.807) is 6.07 Å². The van der Waals surface area contributed by atoms with E-state index in [2.05, 4.69) is 15.5 Å². The fourth-order valence-corrected chi connectivity index (χ4v) is 1.83. The number of hydrogen-bond acceptors (Lipinski definition) is 4. The summed E-state index contributed by atoms with van der Waals surface area (Å²) in [4.78, 5) is 0. The maximum Gasteiger partial charge on any atom is 0.170 e. The third-order valence-electron chi connectivity index (χ3n) is 3.14. The average Bonchev–Trinajstić information content (AvgIpc) is 2.76. The Hall–Kier alpha value is -1.95. The Morgan fingerprint density at radius 3 is 2.80 bits per heavy atom. The third-order valence-corrected chi connectivity index (χ3v) is 3.14. The predicted molar refractivity (Wildman–Crippen MR) is 73.9 cm³/mol. The first kappa shape index (κ1) is 14.5. The molecule has 108 valence electrons. The van der Waals surface area contributed by atoms with Gasteiger partial charge in [0.1, 0.15) is 12.4 Å². The van der Waals surface area contributed by atoms with E-state index in [9.17, 15) is 4.39 Å². The normalized spacial score (nSPS) is 10.8. The molecule has 0 unspecified atom stereocenters. The largest absolute Gasteiger partial charge is 0.482 e. The van der Waals surface area contributed by atoms with Gasteiger partial charge in [-0.3, -0.25) is 0 Å². The molecule has 0 saturated heterocycles. The molecule has 1 heterocycles. The van der Waals surface area contributed by atoms with Crippen molar-refractivity contribution >= 4 is 0 Å². The summed E-state index contributed by atoms with van der Waals surface area (Å²) in [7, 11) is 1.86. The maximum absolute atomic E-state index is 13.9. The maximum atomic E-state index is 13.9. The highest BCUT2D eigenvalue weighted by molar-refractivity contribution is 5.35. The Kier molecular flexibility index (Phi) is 4.68. The van der Waals surface area contributed by atoms with E-state index in [1.165, 1.54) is 6.07 Å². The first-order valence-electron chi connectivity index (χ1n) is 6.59. The zero-order chi connectivity index (χ0) is 14.5. The van der Waals surface area contributed by atoms with E-state index in [0.29, 0.717) is 12.4 Å². The van der Waals surface area contributed by atoms with Gasteiger partial charge in [-0.1, -0.05) is 19.1 Å². The standard InChI is InChI=1S/C14H19FN4O/c1-4-16-8-11-6-5-7-12(15)14(11)20-9-13-18-17-10(2)19(13)3/h5-7,16H,4,8-9H2,1-3H3. The van der Waals surface area contributed by atoms with Crippen LogP contribution in [0.3, 0.4) is 0 Å². The van der Waals surface area contributed by atoms with Gasteiger partial charge in [-0.25, -0.2) is 4.39 Å². The number of benzene rings is 1. The lowest BCUT2D eigenvalue weighted by Gasteiger charge is -2.12. The van der Waals surface area contributed by atoms with E-state index < -0.39 is 0 Å². The van der Waals surface area contributed by atoms with E-state index in [0.717, 1.165) is 17.9 Å². The van der Waals surface area contributed by atoms with Crippen molar-refractivity contribution in [2.45, 2.75) is 27.0 Å². The zero-order valence-corrected chi connectivity index (χ0v) is 12.0. The zero-order valence-electron chi connectivity index (χ0n) is 12.0. The topological polar surface area (TPSA) is 52.0 Å². The van der Waals surface area contributed by atoms with Gasteiger partial charge in [0.05, 0.1) is 0 Å². The first-order valence-corrected chi connectivity index (χ1v) is 6.59. The van der Waals surface area contributed by atoms with Gasteiger partial charge in [0.15, 0.2) is 17.4 Å². The Labute approximate surface area is 117 Å². The van der Waals surface area contributed by atoms with Gasteiger partial charge in [0.2, 0.25) is 0 Å². The van der Waals surface area contributed by atoms with Crippen molar-refractivity contribution in [1.29, 1.82) is 0 Å². The lowest BCUT2D eigenvalue weighted by atomic mass is 10.2. The molecule has 0 aliphatic heterocycles. The first-order chi connectivity index (χ1) is 9.63. The molecule has 6 heteroatoms.